The zero-order valence-electron chi connectivity index (χ0n) is 11.5. The summed E-state index contributed by atoms with van der Waals surface area (Å²) in [6, 6.07) is 0. The third-order valence-electron chi connectivity index (χ3n) is 3.66. The number of rotatable bonds is 10. The lowest BCUT2D eigenvalue weighted by Crippen LogP contribution is -2.26. The highest BCUT2D eigenvalue weighted by molar-refractivity contribution is 4.67. The molecule has 2 atom stereocenters. The van der Waals surface area contributed by atoms with Gasteiger partial charge in [-0.3, -0.25) is 0 Å². The highest BCUT2D eigenvalue weighted by Crippen LogP contribution is 2.20. The Balaban J connectivity index is 1.97. The van der Waals surface area contributed by atoms with Crippen molar-refractivity contribution in [3.05, 3.63) is 0 Å². The number of hydrogen-bond donors (Lipinski definition) is 1. The summed E-state index contributed by atoms with van der Waals surface area (Å²) in [6.07, 6.45) is 8.28. The fourth-order valence-corrected chi connectivity index (χ4v) is 2.44. The van der Waals surface area contributed by atoms with Crippen LogP contribution in [-0.2, 0) is 9.47 Å². The average Bonchev–Trinajstić information content (AvgIpc) is 2.85. The summed E-state index contributed by atoms with van der Waals surface area (Å²) >= 11 is 0. The summed E-state index contributed by atoms with van der Waals surface area (Å²) in [6.45, 7) is 6.19. The third-order valence-corrected chi connectivity index (χ3v) is 3.66. The molecule has 1 aliphatic heterocycles. The van der Waals surface area contributed by atoms with E-state index < -0.39 is 0 Å². The first-order chi connectivity index (χ1) is 8.36. The fraction of sp³-hybridized carbons (Fsp3) is 1.00. The van der Waals surface area contributed by atoms with Gasteiger partial charge >= 0.3 is 0 Å². The standard InChI is InChI=1S/C14H29NO2/c1-3-13(12-15-9-11-16-2)6-4-7-14-8-5-10-17-14/h13-15H,3-12H2,1-2H3. The third kappa shape index (κ3) is 7.02. The normalized spacial score (nSPS) is 21.9. The van der Waals surface area contributed by atoms with Gasteiger partial charge in [-0.1, -0.05) is 19.8 Å². The lowest BCUT2D eigenvalue weighted by molar-refractivity contribution is 0.100. The molecule has 2 unspecified atom stereocenters. The van der Waals surface area contributed by atoms with Crippen LogP contribution in [0.15, 0.2) is 0 Å². The number of hydrogen-bond acceptors (Lipinski definition) is 3. The largest absolute Gasteiger partial charge is 0.383 e. The minimum atomic E-state index is 0.564. The summed E-state index contributed by atoms with van der Waals surface area (Å²) in [5, 5.41) is 3.46. The maximum Gasteiger partial charge on any atom is 0.0587 e. The first kappa shape index (κ1) is 14.9. The Hall–Kier alpha value is -0.120. The quantitative estimate of drug-likeness (QED) is 0.598. The summed E-state index contributed by atoms with van der Waals surface area (Å²) in [5.41, 5.74) is 0. The second kappa shape index (κ2) is 9.86. The van der Waals surface area contributed by atoms with Gasteiger partial charge in [0.25, 0.3) is 0 Å². The zero-order chi connectivity index (χ0) is 12.3. The average molecular weight is 243 g/mol. The van der Waals surface area contributed by atoms with Crippen molar-refractivity contribution < 1.29 is 9.47 Å². The first-order valence-electron chi connectivity index (χ1n) is 7.18. The monoisotopic (exact) mass is 243 g/mol. The van der Waals surface area contributed by atoms with Gasteiger partial charge in [0.1, 0.15) is 0 Å². The van der Waals surface area contributed by atoms with Gasteiger partial charge in [-0.15, -0.1) is 0 Å². The fourth-order valence-electron chi connectivity index (χ4n) is 2.44. The highest BCUT2D eigenvalue weighted by atomic mass is 16.5. The van der Waals surface area contributed by atoms with Gasteiger partial charge in [-0.05, 0) is 38.1 Å². The van der Waals surface area contributed by atoms with Gasteiger partial charge in [0, 0.05) is 20.3 Å². The van der Waals surface area contributed by atoms with Gasteiger partial charge in [-0.2, -0.15) is 0 Å². The van der Waals surface area contributed by atoms with Gasteiger partial charge in [-0.25, -0.2) is 0 Å². The van der Waals surface area contributed by atoms with Crippen molar-refractivity contribution in [2.24, 2.45) is 5.92 Å². The Labute approximate surface area is 106 Å². The van der Waals surface area contributed by atoms with Crippen molar-refractivity contribution in [1.82, 2.24) is 5.32 Å². The van der Waals surface area contributed by atoms with E-state index in [1.54, 1.807) is 7.11 Å². The molecule has 0 aromatic rings. The van der Waals surface area contributed by atoms with Crippen LogP contribution in [0.1, 0.15) is 45.4 Å². The van der Waals surface area contributed by atoms with Crippen molar-refractivity contribution >= 4 is 0 Å². The topological polar surface area (TPSA) is 30.5 Å². The van der Waals surface area contributed by atoms with E-state index in [-0.39, 0.29) is 0 Å². The van der Waals surface area contributed by atoms with Gasteiger partial charge in [0.2, 0.25) is 0 Å². The number of methoxy groups -OCH3 is 1. The van der Waals surface area contributed by atoms with Gasteiger partial charge in [0.15, 0.2) is 0 Å². The molecule has 0 radical (unpaired) electrons. The Morgan fingerprint density at radius 3 is 3.00 bits per heavy atom. The summed E-state index contributed by atoms with van der Waals surface area (Å²) in [5.74, 6) is 0.813. The molecule has 0 amide bonds. The molecule has 1 aliphatic rings. The molecule has 3 nitrogen and oxygen atoms in total. The predicted molar refractivity (Wildman–Crippen MR) is 71.4 cm³/mol. The molecule has 0 bridgehead atoms. The summed E-state index contributed by atoms with van der Waals surface area (Å²) in [4.78, 5) is 0. The van der Waals surface area contributed by atoms with E-state index in [0.717, 1.165) is 32.2 Å². The molecule has 0 aromatic heterocycles. The molecule has 1 saturated heterocycles. The van der Waals surface area contributed by atoms with E-state index in [9.17, 15) is 0 Å². The maximum atomic E-state index is 5.65. The van der Waals surface area contributed by atoms with Crippen LogP contribution in [-0.4, -0.2) is 39.5 Å². The van der Waals surface area contributed by atoms with Crippen molar-refractivity contribution in [1.29, 1.82) is 0 Å². The van der Waals surface area contributed by atoms with Crippen LogP contribution >= 0.6 is 0 Å². The zero-order valence-corrected chi connectivity index (χ0v) is 11.5. The minimum absolute atomic E-state index is 0.564. The van der Waals surface area contributed by atoms with Crippen LogP contribution in [0.25, 0.3) is 0 Å². The van der Waals surface area contributed by atoms with Crippen LogP contribution in [0.3, 0.4) is 0 Å². The second-order valence-corrected chi connectivity index (χ2v) is 5.04. The molecule has 102 valence electrons. The SMILES string of the molecule is CCC(CCCC1CCCO1)CNCCOC. The van der Waals surface area contributed by atoms with E-state index in [1.165, 1.54) is 38.5 Å². The molecule has 1 N–H and O–H groups in total. The maximum absolute atomic E-state index is 5.65. The van der Waals surface area contributed by atoms with Crippen LogP contribution in [0.2, 0.25) is 0 Å². The number of nitrogens with one attached hydrogen (secondary N) is 1. The Morgan fingerprint density at radius 2 is 2.35 bits per heavy atom. The predicted octanol–water partition coefficient (Wildman–Crippen LogP) is 2.60. The first-order valence-corrected chi connectivity index (χ1v) is 7.18. The van der Waals surface area contributed by atoms with Crippen LogP contribution in [0.4, 0.5) is 0 Å². The Bertz CT molecular complexity index is 170. The van der Waals surface area contributed by atoms with Crippen molar-refractivity contribution in [3.63, 3.8) is 0 Å². The van der Waals surface area contributed by atoms with E-state index in [1.807, 2.05) is 0 Å². The molecule has 1 fully saturated rings. The number of ether oxygens (including phenoxy) is 2. The van der Waals surface area contributed by atoms with Crippen molar-refractivity contribution in [2.45, 2.75) is 51.6 Å². The molecule has 0 spiro atoms. The minimum Gasteiger partial charge on any atom is -0.383 e. The summed E-state index contributed by atoms with van der Waals surface area (Å²) in [7, 11) is 1.75. The smallest absolute Gasteiger partial charge is 0.0587 e. The molecule has 0 aromatic carbocycles. The molecular weight excluding hydrogens is 214 g/mol. The lowest BCUT2D eigenvalue weighted by atomic mass is 9.97. The molecule has 1 rings (SSSR count). The molecule has 1 heterocycles. The second-order valence-electron chi connectivity index (χ2n) is 5.04. The Kier molecular flexibility index (Phi) is 8.67. The lowest BCUT2D eigenvalue weighted by Gasteiger charge is -2.16. The van der Waals surface area contributed by atoms with Crippen LogP contribution in [0, 0.1) is 5.92 Å². The molecule has 0 aliphatic carbocycles. The van der Waals surface area contributed by atoms with E-state index in [0.29, 0.717) is 6.10 Å². The van der Waals surface area contributed by atoms with E-state index in [4.69, 9.17) is 9.47 Å². The van der Waals surface area contributed by atoms with E-state index >= 15 is 0 Å². The molecule has 17 heavy (non-hydrogen) atoms. The van der Waals surface area contributed by atoms with Gasteiger partial charge in [0.05, 0.1) is 12.7 Å². The molecule has 3 heteroatoms. The van der Waals surface area contributed by atoms with Crippen molar-refractivity contribution in [3.8, 4) is 0 Å². The molecule has 0 saturated carbocycles. The Morgan fingerprint density at radius 1 is 1.47 bits per heavy atom. The highest BCUT2D eigenvalue weighted by Gasteiger charge is 2.15. The van der Waals surface area contributed by atoms with Crippen LogP contribution in [0.5, 0.6) is 0 Å². The summed E-state index contributed by atoms with van der Waals surface area (Å²) < 4.78 is 10.7. The van der Waals surface area contributed by atoms with E-state index in [2.05, 4.69) is 12.2 Å². The molecular formula is C14H29NO2. The van der Waals surface area contributed by atoms with Gasteiger partial charge < -0.3 is 14.8 Å². The van der Waals surface area contributed by atoms with Crippen molar-refractivity contribution in [2.75, 3.05) is 33.4 Å². The van der Waals surface area contributed by atoms with Crippen LogP contribution < -0.4 is 5.32 Å².